The van der Waals surface area contributed by atoms with Crippen LogP contribution in [0.1, 0.15) is 5.56 Å². The molecule has 0 aromatic heterocycles. The lowest BCUT2D eigenvalue weighted by Crippen LogP contribution is -2.33. The Morgan fingerprint density at radius 1 is 0.585 bits per heavy atom. The summed E-state index contributed by atoms with van der Waals surface area (Å²) in [6.45, 7) is 6.76. The summed E-state index contributed by atoms with van der Waals surface area (Å²) in [5, 5.41) is 2.63. The number of carbonyl (C=O) groups is 3. The van der Waals surface area contributed by atoms with E-state index in [1.807, 2.05) is 30.3 Å². The van der Waals surface area contributed by atoms with Crippen molar-refractivity contribution in [1.82, 2.24) is 10.2 Å². The molecular weight excluding hydrogens is 540 g/mol. The van der Waals surface area contributed by atoms with Crippen LogP contribution in [-0.2, 0) is 54.1 Å². The highest BCUT2D eigenvalue weighted by atomic mass is 16.6. The third kappa shape index (κ3) is 18.2. The fraction of sp³-hybridized carbons (Fsp3) is 0.607. The van der Waals surface area contributed by atoms with Crippen LogP contribution in [0.5, 0.6) is 0 Å². The third-order valence-corrected chi connectivity index (χ3v) is 5.32. The van der Waals surface area contributed by atoms with Gasteiger partial charge in [0.1, 0.15) is 6.61 Å². The highest BCUT2D eigenvalue weighted by molar-refractivity contribution is 6.12. The Hall–Kier alpha value is -2.91. The molecule has 1 aromatic carbocycles. The van der Waals surface area contributed by atoms with E-state index in [2.05, 4.69) is 5.32 Å². The molecule has 0 fully saturated rings. The number of imide groups is 1. The second-order valence-corrected chi connectivity index (χ2v) is 8.44. The number of carbonyl (C=O) groups excluding carboxylic acids is 3. The Bertz CT molecular complexity index is 852. The molecule has 0 radical (unpaired) electrons. The largest absolute Gasteiger partial charge is 0.445 e. The van der Waals surface area contributed by atoms with Gasteiger partial charge >= 0.3 is 6.09 Å². The van der Waals surface area contributed by atoms with Gasteiger partial charge in [0.05, 0.1) is 99.0 Å². The molecule has 0 bridgehead atoms. The zero-order valence-electron chi connectivity index (χ0n) is 23.5. The zero-order valence-corrected chi connectivity index (χ0v) is 23.5. The molecule has 0 unspecified atom stereocenters. The summed E-state index contributed by atoms with van der Waals surface area (Å²) in [5.41, 5.74) is 0.932. The van der Waals surface area contributed by atoms with Gasteiger partial charge in [-0.3, -0.25) is 14.5 Å². The quantitative estimate of drug-likeness (QED) is 0.123. The number of alkyl carbamates (subject to hydrolysis) is 1. The fourth-order valence-electron chi connectivity index (χ4n) is 3.23. The predicted octanol–water partition coefficient (Wildman–Crippen LogP) is 0.954. The van der Waals surface area contributed by atoms with Gasteiger partial charge in [0.25, 0.3) is 11.8 Å². The number of amides is 3. The van der Waals surface area contributed by atoms with Gasteiger partial charge in [0, 0.05) is 18.7 Å². The molecule has 41 heavy (non-hydrogen) atoms. The van der Waals surface area contributed by atoms with Crippen molar-refractivity contribution < 1.29 is 52.3 Å². The molecule has 13 heteroatoms. The first-order chi connectivity index (χ1) is 20.2. The van der Waals surface area contributed by atoms with Crippen molar-refractivity contribution in [2.45, 2.75) is 6.61 Å². The number of nitrogens with one attached hydrogen (secondary N) is 1. The molecule has 0 aliphatic carbocycles. The Labute approximate surface area is 240 Å². The average Bonchev–Trinajstić information content (AvgIpc) is 3.31. The summed E-state index contributed by atoms with van der Waals surface area (Å²) in [6, 6.07) is 9.47. The number of benzene rings is 1. The first-order valence-corrected chi connectivity index (χ1v) is 13.7. The molecule has 1 aliphatic rings. The van der Waals surface area contributed by atoms with Gasteiger partial charge in [-0.1, -0.05) is 30.3 Å². The lowest BCUT2D eigenvalue weighted by molar-refractivity contribution is -0.137. The number of rotatable bonds is 26. The highest BCUT2D eigenvalue weighted by Gasteiger charge is 2.22. The Morgan fingerprint density at radius 2 is 1.00 bits per heavy atom. The van der Waals surface area contributed by atoms with Crippen molar-refractivity contribution in [3.05, 3.63) is 48.0 Å². The molecule has 0 spiro atoms. The van der Waals surface area contributed by atoms with E-state index in [9.17, 15) is 14.4 Å². The molecule has 1 heterocycles. The molecule has 3 amide bonds. The van der Waals surface area contributed by atoms with Gasteiger partial charge < -0.3 is 43.2 Å². The van der Waals surface area contributed by atoms with Crippen LogP contribution in [0.25, 0.3) is 0 Å². The zero-order chi connectivity index (χ0) is 29.2. The lowest BCUT2D eigenvalue weighted by atomic mass is 10.2. The van der Waals surface area contributed by atoms with Crippen LogP contribution >= 0.6 is 0 Å². The smallest absolute Gasteiger partial charge is 0.407 e. The maximum Gasteiger partial charge on any atom is 0.407 e. The maximum atomic E-state index is 11.6. The van der Waals surface area contributed by atoms with Crippen molar-refractivity contribution in [3.8, 4) is 0 Å². The van der Waals surface area contributed by atoms with E-state index < -0.39 is 6.09 Å². The summed E-state index contributed by atoms with van der Waals surface area (Å²) < 4.78 is 43.0. The van der Waals surface area contributed by atoms with Crippen molar-refractivity contribution in [2.75, 3.05) is 106 Å². The maximum absolute atomic E-state index is 11.6. The van der Waals surface area contributed by atoms with E-state index in [0.717, 1.165) is 10.5 Å². The molecule has 0 atom stereocenters. The van der Waals surface area contributed by atoms with E-state index in [0.29, 0.717) is 92.4 Å². The molecule has 230 valence electrons. The monoisotopic (exact) mass is 582 g/mol. The normalized spacial score (nSPS) is 12.8. The standard InChI is InChI=1S/C28H42N2O11/c31-26-6-7-27(32)30(26)9-11-35-13-15-37-17-19-39-21-23-40-22-20-38-18-16-36-14-12-34-10-8-29-28(33)41-24-25-4-2-1-3-5-25/h1-7H,8-24H2,(H,29,33). The van der Waals surface area contributed by atoms with Gasteiger partial charge in [-0.15, -0.1) is 0 Å². The van der Waals surface area contributed by atoms with E-state index >= 15 is 0 Å². The topological polar surface area (TPSA) is 140 Å². The van der Waals surface area contributed by atoms with Crippen LogP contribution in [0.3, 0.4) is 0 Å². The molecule has 0 saturated carbocycles. The number of hydrogen-bond acceptors (Lipinski definition) is 11. The van der Waals surface area contributed by atoms with Gasteiger partial charge in [-0.05, 0) is 5.56 Å². The van der Waals surface area contributed by atoms with Gasteiger partial charge in [-0.2, -0.15) is 0 Å². The summed E-state index contributed by atoms with van der Waals surface area (Å²) >= 11 is 0. The van der Waals surface area contributed by atoms with Crippen LogP contribution in [-0.4, -0.2) is 128 Å². The first-order valence-electron chi connectivity index (χ1n) is 13.7. The van der Waals surface area contributed by atoms with E-state index in [1.54, 1.807) is 0 Å². The minimum atomic E-state index is -0.476. The van der Waals surface area contributed by atoms with E-state index in [-0.39, 0.29) is 31.6 Å². The Balaban J connectivity index is 1.19. The van der Waals surface area contributed by atoms with Crippen LogP contribution in [0.15, 0.2) is 42.5 Å². The van der Waals surface area contributed by atoms with Crippen LogP contribution in [0, 0.1) is 0 Å². The van der Waals surface area contributed by atoms with E-state index in [4.69, 9.17) is 37.9 Å². The summed E-state index contributed by atoms with van der Waals surface area (Å²) in [6.07, 6.45) is 2.03. The second-order valence-electron chi connectivity index (χ2n) is 8.44. The summed E-state index contributed by atoms with van der Waals surface area (Å²) in [7, 11) is 0. The second kappa shape index (κ2) is 23.8. The van der Waals surface area contributed by atoms with E-state index in [1.165, 1.54) is 12.2 Å². The first kappa shape index (κ1) is 34.3. The van der Waals surface area contributed by atoms with Crippen molar-refractivity contribution in [3.63, 3.8) is 0 Å². The lowest BCUT2D eigenvalue weighted by Gasteiger charge is -2.13. The number of hydrogen-bond donors (Lipinski definition) is 1. The molecule has 1 N–H and O–H groups in total. The summed E-state index contributed by atoms with van der Waals surface area (Å²) in [5.74, 6) is -0.620. The Kier molecular flexibility index (Phi) is 19.9. The van der Waals surface area contributed by atoms with Gasteiger partial charge in [0.15, 0.2) is 0 Å². The minimum Gasteiger partial charge on any atom is -0.445 e. The Morgan fingerprint density at radius 3 is 1.46 bits per heavy atom. The average molecular weight is 583 g/mol. The van der Waals surface area contributed by atoms with Crippen molar-refractivity contribution >= 4 is 17.9 Å². The van der Waals surface area contributed by atoms with Crippen molar-refractivity contribution in [1.29, 1.82) is 0 Å². The summed E-state index contributed by atoms with van der Waals surface area (Å²) in [4.78, 5) is 35.5. The minimum absolute atomic E-state index is 0.232. The fourth-order valence-corrected chi connectivity index (χ4v) is 3.23. The highest BCUT2D eigenvalue weighted by Crippen LogP contribution is 2.02. The van der Waals surface area contributed by atoms with Crippen LogP contribution in [0.4, 0.5) is 4.79 Å². The SMILES string of the molecule is O=C(NCCOCCOCCOCCOCCOCCOCCOCCN1C(=O)C=CC1=O)OCc1ccccc1. The molecule has 13 nitrogen and oxygen atoms in total. The van der Waals surface area contributed by atoms with Gasteiger partial charge in [0.2, 0.25) is 0 Å². The predicted molar refractivity (Wildman–Crippen MR) is 146 cm³/mol. The number of nitrogens with zero attached hydrogens (tertiary/aromatic N) is 1. The molecular formula is C28H42N2O11. The van der Waals surface area contributed by atoms with Crippen molar-refractivity contribution in [2.24, 2.45) is 0 Å². The van der Waals surface area contributed by atoms with Crippen LogP contribution < -0.4 is 5.32 Å². The van der Waals surface area contributed by atoms with Crippen LogP contribution in [0.2, 0.25) is 0 Å². The molecule has 1 aromatic rings. The van der Waals surface area contributed by atoms with Gasteiger partial charge in [-0.25, -0.2) is 4.79 Å². The third-order valence-electron chi connectivity index (χ3n) is 5.32. The number of ether oxygens (including phenoxy) is 8. The molecule has 2 rings (SSSR count). The molecule has 1 aliphatic heterocycles. The molecule has 0 saturated heterocycles.